The summed E-state index contributed by atoms with van der Waals surface area (Å²) in [5.41, 5.74) is -3.02. The van der Waals surface area contributed by atoms with Crippen LogP contribution in [0.3, 0.4) is 0 Å². The van der Waals surface area contributed by atoms with E-state index in [1.807, 2.05) is 0 Å². The molecule has 2 aliphatic rings. The van der Waals surface area contributed by atoms with Crippen LogP contribution in [-0.2, 0) is 19.1 Å². The molecule has 2 rings (SSSR count). The summed E-state index contributed by atoms with van der Waals surface area (Å²) in [5, 5.41) is 22.7. The number of carbonyl (C=O) groups excluding carboxylic acids is 2. The fourth-order valence-corrected chi connectivity index (χ4v) is 4.98. The summed E-state index contributed by atoms with van der Waals surface area (Å²) in [6, 6.07) is 0. The monoisotopic (exact) mass is 370 g/mol. The molecular formula is C20H34O6. The smallest absolute Gasteiger partial charge is 0.302 e. The van der Waals surface area contributed by atoms with Crippen LogP contribution in [0.5, 0.6) is 0 Å². The average molecular weight is 370 g/mol. The predicted octanol–water partition coefficient (Wildman–Crippen LogP) is 2.59. The minimum atomic E-state index is -1.40. The Kier molecular flexibility index (Phi) is 5.79. The van der Waals surface area contributed by atoms with E-state index in [0.29, 0.717) is 12.8 Å². The molecule has 0 saturated heterocycles. The first kappa shape index (κ1) is 21.2. The van der Waals surface area contributed by atoms with E-state index in [1.54, 1.807) is 6.92 Å². The van der Waals surface area contributed by atoms with Gasteiger partial charge in [0.2, 0.25) is 0 Å². The normalized spacial score (nSPS) is 39.0. The minimum absolute atomic E-state index is 0.0211. The van der Waals surface area contributed by atoms with Crippen LogP contribution in [0.1, 0.15) is 73.1 Å². The van der Waals surface area contributed by atoms with Crippen molar-refractivity contribution in [3.8, 4) is 0 Å². The molecule has 0 heterocycles. The zero-order chi connectivity index (χ0) is 19.8. The number of hydrogen-bond acceptors (Lipinski definition) is 6. The third-order valence-corrected chi connectivity index (χ3v) is 6.77. The first-order chi connectivity index (χ1) is 11.8. The molecule has 0 amide bonds. The first-order valence-electron chi connectivity index (χ1n) is 9.55. The highest BCUT2D eigenvalue weighted by Crippen LogP contribution is 2.61. The highest BCUT2D eigenvalue weighted by atomic mass is 16.5. The highest BCUT2D eigenvalue weighted by Gasteiger charge is 2.64. The molecule has 0 aromatic heterocycles. The van der Waals surface area contributed by atoms with Crippen LogP contribution in [0.15, 0.2) is 0 Å². The Bertz CT molecular complexity index is 551. The summed E-state index contributed by atoms with van der Waals surface area (Å²) in [6.45, 7) is 9.04. The van der Waals surface area contributed by atoms with Crippen molar-refractivity contribution in [1.29, 1.82) is 0 Å². The van der Waals surface area contributed by atoms with Crippen molar-refractivity contribution in [3.05, 3.63) is 0 Å². The van der Waals surface area contributed by atoms with Gasteiger partial charge in [0.25, 0.3) is 0 Å². The number of rotatable bonds is 5. The Morgan fingerprint density at radius 3 is 2.12 bits per heavy atom. The van der Waals surface area contributed by atoms with Crippen LogP contribution in [0.25, 0.3) is 0 Å². The lowest BCUT2D eigenvalue weighted by molar-refractivity contribution is -0.261. The van der Waals surface area contributed by atoms with Gasteiger partial charge in [-0.2, -0.15) is 0 Å². The van der Waals surface area contributed by atoms with E-state index >= 15 is 0 Å². The quantitative estimate of drug-likeness (QED) is 0.723. The maximum absolute atomic E-state index is 11.7. The molecule has 6 nitrogen and oxygen atoms in total. The Labute approximate surface area is 156 Å². The summed E-state index contributed by atoms with van der Waals surface area (Å²) in [6.07, 6.45) is 3.83. The molecule has 0 radical (unpaired) electrons. The van der Waals surface area contributed by atoms with Crippen molar-refractivity contribution in [1.82, 2.24) is 0 Å². The molecule has 26 heavy (non-hydrogen) atoms. The summed E-state index contributed by atoms with van der Waals surface area (Å²) < 4.78 is 10.5. The van der Waals surface area contributed by atoms with E-state index in [9.17, 15) is 19.8 Å². The zero-order valence-corrected chi connectivity index (χ0v) is 16.8. The maximum Gasteiger partial charge on any atom is 0.302 e. The third kappa shape index (κ3) is 4.06. The third-order valence-electron chi connectivity index (χ3n) is 6.77. The van der Waals surface area contributed by atoms with Crippen molar-refractivity contribution >= 4 is 11.9 Å². The molecule has 0 aliphatic heterocycles. The molecule has 6 heteroatoms. The number of carbonyl (C=O) groups is 2. The molecule has 2 saturated carbocycles. The molecule has 150 valence electrons. The Morgan fingerprint density at radius 2 is 1.54 bits per heavy atom. The van der Waals surface area contributed by atoms with Crippen LogP contribution >= 0.6 is 0 Å². The fraction of sp³-hybridized carbons (Fsp3) is 0.900. The van der Waals surface area contributed by atoms with Crippen molar-refractivity contribution < 1.29 is 29.3 Å². The molecule has 0 spiro atoms. The lowest BCUT2D eigenvalue weighted by Gasteiger charge is -2.62. The van der Waals surface area contributed by atoms with Gasteiger partial charge in [-0.15, -0.1) is 0 Å². The van der Waals surface area contributed by atoms with Gasteiger partial charge in [-0.3, -0.25) is 9.59 Å². The van der Waals surface area contributed by atoms with E-state index < -0.39 is 17.2 Å². The highest BCUT2D eigenvalue weighted by molar-refractivity contribution is 5.66. The largest absolute Gasteiger partial charge is 0.466 e. The van der Waals surface area contributed by atoms with Gasteiger partial charge in [0.1, 0.15) is 0 Å². The lowest BCUT2D eigenvalue weighted by atomic mass is 9.46. The van der Waals surface area contributed by atoms with E-state index in [2.05, 4.69) is 13.8 Å². The Hall–Kier alpha value is -1.14. The molecular weight excluding hydrogens is 336 g/mol. The molecule has 0 bridgehead atoms. The van der Waals surface area contributed by atoms with E-state index in [-0.39, 0.29) is 42.4 Å². The lowest BCUT2D eigenvalue weighted by Crippen LogP contribution is -2.68. The number of ether oxygens (including phenoxy) is 2. The standard InChI is InChI=1S/C20H34O6/c1-14(21)25-11-10-20(24)16-12-17(3,4)6-8-19(16,13-26-15(2)22)9-7-18(20,5)23/h16,23-24H,6-13H2,1-5H3/t16-,18+,19-,20+/m1/s1. The minimum Gasteiger partial charge on any atom is -0.466 e. The molecule has 0 aromatic carbocycles. The molecule has 2 fully saturated rings. The van der Waals surface area contributed by atoms with Gasteiger partial charge in [-0.05, 0) is 50.4 Å². The van der Waals surface area contributed by atoms with Crippen LogP contribution in [0.2, 0.25) is 0 Å². The number of aliphatic hydroxyl groups is 2. The van der Waals surface area contributed by atoms with Crippen molar-refractivity contribution in [2.24, 2.45) is 16.7 Å². The van der Waals surface area contributed by atoms with Gasteiger partial charge in [0.15, 0.2) is 0 Å². The van der Waals surface area contributed by atoms with Crippen molar-refractivity contribution in [2.75, 3.05) is 13.2 Å². The SMILES string of the molecule is CC(=O)OCC[C@]1(O)[C@@H]2CC(C)(C)CC[C@]2(COC(C)=O)CC[C@]1(C)O. The molecule has 2 N–H and O–H groups in total. The van der Waals surface area contributed by atoms with Crippen molar-refractivity contribution in [3.63, 3.8) is 0 Å². The van der Waals surface area contributed by atoms with Gasteiger partial charge in [0, 0.05) is 25.7 Å². The maximum atomic E-state index is 11.7. The van der Waals surface area contributed by atoms with Gasteiger partial charge >= 0.3 is 11.9 Å². The van der Waals surface area contributed by atoms with Gasteiger partial charge in [0.05, 0.1) is 24.4 Å². The van der Waals surface area contributed by atoms with Gasteiger partial charge in [-0.25, -0.2) is 0 Å². The Balaban J connectivity index is 2.37. The molecule has 2 aliphatic carbocycles. The number of fused-ring (bicyclic) bond motifs is 1. The predicted molar refractivity (Wildman–Crippen MR) is 96.2 cm³/mol. The molecule has 0 unspecified atom stereocenters. The summed E-state index contributed by atoms with van der Waals surface area (Å²) in [5.74, 6) is -0.972. The van der Waals surface area contributed by atoms with Crippen LogP contribution < -0.4 is 0 Å². The van der Waals surface area contributed by atoms with Crippen molar-refractivity contribution in [2.45, 2.75) is 84.3 Å². The first-order valence-corrected chi connectivity index (χ1v) is 9.55. The van der Waals surface area contributed by atoms with Crippen LogP contribution in [-0.4, -0.2) is 46.6 Å². The second-order valence-electron chi connectivity index (χ2n) is 9.35. The number of esters is 2. The van der Waals surface area contributed by atoms with Gasteiger partial charge < -0.3 is 19.7 Å². The van der Waals surface area contributed by atoms with Gasteiger partial charge in [-0.1, -0.05) is 13.8 Å². The second-order valence-corrected chi connectivity index (χ2v) is 9.35. The topological polar surface area (TPSA) is 93.1 Å². The van der Waals surface area contributed by atoms with E-state index in [0.717, 1.165) is 19.3 Å². The average Bonchev–Trinajstić information content (AvgIpc) is 2.50. The Morgan fingerprint density at radius 1 is 0.962 bits per heavy atom. The van der Waals surface area contributed by atoms with E-state index in [1.165, 1.54) is 13.8 Å². The van der Waals surface area contributed by atoms with Crippen LogP contribution in [0, 0.1) is 16.7 Å². The second kappa shape index (κ2) is 7.12. The summed E-state index contributed by atoms with van der Waals surface area (Å²) in [7, 11) is 0. The van der Waals surface area contributed by atoms with E-state index in [4.69, 9.17) is 9.47 Å². The zero-order valence-electron chi connectivity index (χ0n) is 16.8. The summed E-state index contributed by atoms with van der Waals surface area (Å²) in [4.78, 5) is 22.6. The fourth-order valence-electron chi connectivity index (χ4n) is 4.98. The number of hydrogen-bond donors (Lipinski definition) is 2. The molecule has 0 aromatic rings. The van der Waals surface area contributed by atoms with Crippen LogP contribution in [0.4, 0.5) is 0 Å². The molecule has 4 atom stereocenters. The summed E-state index contributed by atoms with van der Waals surface area (Å²) >= 11 is 0.